The first-order chi connectivity index (χ1) is 6.40. The molecule has 2 fully saturated rings. The van der Waals surface area contributed by atoms with Crippen LogP contribution < -0.4 is 11.1 Å². The van der Waals surface area contributed by atoms with Crippen LogP contribution in [0.15, 0.2) is 0 Å². The van der Waals surface area contributed by atoms with E-state index in [-0.39, 0.29) is 0 Å². The second kappa shape index (κ2) is 4.40. The van der Waals surface area contributed by atoms with Crippen LogP contribution in [0.4, 0.5) is 0 Å². The van der Waals surface area contributed by atoms with E-state index in [1.807, 2.05) is 0 Å². The third-order valence-corrected chi connectivity index (χ3v) is 3.05. The molecule has 0 aromatic carbocycles. The molecule has 13 heavy (non-hydrogen) atoms. The lowest BCUT2D eigenvalue weighted by molar-refractivity contribution is 0.0402. The summed E-state index contributed by atoms with van der Waals surface area (Å²) in [5, 5.41) is 3.61. The Balaban J connectivity index is 1.78. The number of nitrogens with two attached hydrogens (primary N) is 1. The second-order valence-corrected chi connectivity index (χ2v) is 4.26. The lowest BCUT2D eigenvalue weighted by Crippen LogP contribution is -2.46. The smallest absolute Gasteiger partial charge is 0.0509 e. The predicted molar refractivity (Wildman–Crippen MR) is 52.5 cm³/mol. The van der Waals surface area contributed by atoms with Gasteiger partial charge in [-0.15, -0.1) is 0 Å². The van der Waals surface area contributed by atoms with E-state index in [0.29, 0.717) is 12.0 Å². The quantitative estimate of drug-likeness (QED) is 0.668. The first kappa shape index (κ1) is 9.44. The fraction of sp³-hybridized carbons (Fsp3) is 1.00. The first-order valence-corrected chi connectivity index (χ1v) is 5.44. The third-order valence-electron chi connectivity index (χ3n) is 3.05. The molecule has 3 nitrogen and oxygen atoms in total. The summed E-state index contributed by atoms with van der Waals surface area (Å²) in [5.41, 5.74) is 5.76. The molecule has 1 saturated carbocycles. The molecule has 1 saturated heterocycles. The zero-order valence-electron chi connectivity index (χ0n) is 8.17. The van der Waals surface area contributed by atoms with Crippen molar-refractivity contribution in [1.29, 1.82) is 0 Å². The van der Waals surface area contributed by atoms with Crippen molar-refractivity contribution in [2.75, 3.05) is 19.8 Å². The molecule has 0 spiro atoms. The Morgan fingerprint density at radius 2 is 2.23 bits per heavy atom. The van der Waals surface area contributed by atoms with Gasteiger partial charge in [-0.1, -0.05) is 0 Å². The average Bonchev–Trinajstić information content (AvgIpc) is 2.99. The van der Waals surface area contributed by atoms with Crippen LogP contribution in [0, 0.1) is 5.92 Å². The van der Waals surface area contributed by atoms with Crippen molar-refractivity contribution >= 4 is 0 Å². The highest BCUT2D eigenvalue weighted by molar-refractivity contribution is 4.88. The van der Waals surface area contributed by atoms with Gasteiger partial charge in [0, 0.05) is 25.2 Å². The van der Waals surface area contributed by atoms with E-state index in [9.17, 15) is 0 Å². The van der Waals surface area contributed by atoms with Gasteiger partial charge < -0.3 is 15.8 Å². The topological polar surface area (TPSA) is 47.3 Å². The Morgan fingerprint density at radius 1 is 1.38 bits per heavy atom. The molecule has 76 valence electrons. The Labute approximate surface area is 80.0 Å². The standard InChI is InChI=1S/C10H20N2O/c11-6-10(12-9-3-4-9)8-2-1-5-13-7-8/h8-10,12H,1-7,11H2. The summed E-state index contributed by atoms with van der Waals surface area (Å²) in [6.07, 6.45) is 5.16. The van der Waals surface area contributed by atoms with E-state index < -0.39 is 0 Å². The molecule has 0 radical (unpaired) electrons. The molecule has 0 bridgehead atoms. The SMILES string of the molecule is NCC(NC1CC1)C1CCCOC1. The van der Waals surface area contributed by atoms with Crippen molar-refractivity contribution in [2.45, 2.75) is 37.8 Å². The molecule has 1 aliphatic heterocycles. The van der Waals surface area contributed by atoms with Crippen LogP contribution in [0.2, 0.25) is 0 Å². The van der Waals surface area contributed by atoms with E-state index in [2.05, 4.69) is 5.32 Å². The molecule has 0 amide bonds. The molecule has 2 aliphatic rings. The highest BCUT2D eigenvalue weighted by Gasteiger charge is 2.29. The van der Waals surface area contributed by atoms with Crippen molar-refractivity contribution < 1.29 is 4.74 Å². The fourth-order valence-electron chi connectivity index (χ4n) is 2.03. The fourth-order valence-corrected chi connectivity index (χ4v) is 2.03. The highest BCUT2D eigenvalue weighted by atomic mass is 16.5. The second-order valence-electron chi connectivity index (χ2n) is 4.26. The first-order valence-electron chi connectivity index (χ1n) is 5.44. The predicted octanol–water partition coefficient (Wildman–Crippen LogP) is 0.492. The number of nitrogens with one attached hydrogen (secondary N) is 1. The summed E-state index contributed by atoms with van der Waals surface area (Å²) in [6.45, 7) is 2.60. The lowest BCUT2D eigenvalue weighted by Gasteiger charge is -2.30. The van der Waals surface area contributed by atoms with Crippen LogP contribution in [0.25, 0.3) is 0 Å². The van der Waals surface area contributed by atoms with Crippen molar-refractivity contribution in [2.24, 2.45) is 11.7 Å². The highest BCUT2D eigenvalue weighted by Crippen LogP contribution is 2.23. The monoisotopic (exact) mass is 184 g/mol. The van der Waals surface area contributed by atoms with Crippen LogP contribution in [0.3, 0.4) is 0 Å². The number of ether oxygens (including phenoxy) is 1. The Morgan fingerprint density at radius 3 is 2.77 bits per heavy atom. The summed E-state index contributed by atoms with van der Waals surface area (Å²) in [7, 11) is 0. The van der Waals surface area contributed by atoms with Crippen molar-refractivity contribution in [3.8, 4) is 0 Å². The number of hydrogen-bond donors (Lipinski definition) is 2. The summed E-state index contributed by atoms with van der Waals surface area (Å²) in [4.78, 5) is 0. The van der Waals surface area contributed by atoms with Crippen LogP contribution in [-0.2, 0) is 4.74 Å². The molecule has 0 aromatic heterocycles. The average molecular weight is 184 g/mol. The Bertz CT molecular complexity index is 153. The zero-order chi connectivity index (χ0) is 9.10. The van der Waals surface area contributed by atoms with E-state index >= 15 is 0 Å². The van der Waals surface area contributed by atoms with Gasteiger partial charge in [0.25, 0.3) is 0 Å². The Kier molecular flexibility index (Phi) is 3.19. The molecule has 0 aromatic rings. The molecule has 1 heterocycles. The van der Waals surface area contributed by atoms with Crippen LogP contribution in [0.1, 0.15) is 25.7 Å². The molecule has 2 unspecified atom stereocenters. The number of hydrogen-bond acceptors (Lipinski definition) is 3. The minimum Gasteiger partial charge on any atom is -0.381 e. The van der Waals surface area contributed by atoms with Crippen molar-refractivity contribution in [1.82, 2.24) is 5.32 Å². The van der Waals surface area contributed by atoms with Crippen molar-refractivity contribution in [3.05, 3.63) is 0 Å². The maximum Gasteiger partial charge on any atom is 0.0509 e. The molecular weight excluding hydrogens is 164 g/mol. The lowest BCUT2D eigenvalue weighted by atomic mass is 9.93. The molecular formula is C10H20N2O. The van der Waals surface area contributed by atoms with Crippen LogP contribution in [0.5, 0.6) is 0 Å². The third kappa shape index (κ3) is 2.66. The van der Waals surface area contributed by atoms with E-state index in [4.69, 9.17) is 10.5 Å². The van der Waals surface area contributed by atoms with Gasteiger partial charge in [-0.2, -0.15) is 0 Å². The van der Waals surface area contributed by atoms with Gasteiger partial charge in [-0.05, 0) is 31.6 Å². The van der Waals surface area contributed by atoms with Gasteiger partial charge in [0.2, 0.25) is 0 Å². The van der Waals surface area contributed by atoms with E-state index in [1.165, 1.54) is 25.7 Å². The van der Waals surface area contributed by atoms with Crippen LogP contribution in [-0.4, -0.2) is 31.8 Å². The summed E-state index contributed by atoms with van der Waals surface area (Å²) >= 11 is 0. The summed E-state index contributed by atoms with van der Waals surface area (Å²) in [5.74, 6) is 0.652. The summed E-state index contributed by atoms with van der Waals surface area (Å²) < 4.78 is 5.47. The zero-order valence-corrected chi connectivity index (χ0v) is 8.17. The molecule has 1 aliphatic carbocycles. The van der Waals surface area contributed by atoms with Gasteiger partial charge in [-0.3, -0.25) is 0 Å². The van der Waals surface area contributed by atoms with E-state index in [0.717, 1.165) is 25.8 Å². The maximum atomic E-state index is 5.76. The summed E-state index contributed by atoms with van der Waals surface area (Å²) in [6, 6.07) is 1.25. The van der Waals surface area contributed by atoms with Crippen LogP contribution >= 0.6 is 0 Å². The van der Waals surface area contributed by atoms with Gasteiger partial charge in [0.15, 0.2) is 0 Å². The molecule has 3 heteroatoms. The van der Waals surface area contributed by atoms with Gasteiger partial charge in [0.05, 0.1) is 6.61 Å². The van der Waals surface area contributed by atoms with Gasteiger partial charge in [0.1, 0.15) is 0 Å². The maximum absolute atomic E-state index is 5.76. The minimum atomic E-state index is 0.493. The number of rotatable bonds is 4. The Hall–Kier alpha value is -0.120. The molecule has 3 N–H and O–H groups in total. The van der Waals surface area contributed by atoms with Gasteiger partial charge in [-0.25, -0.2) is 0 Å². The van der Waals surface area contributed by atoms with Crippen molar-refractivity contribution in [3.63, 3.8) is 0 Å². The molecule has 2 rings (SSSR count). The van der Waals surface area contributed by atoms with E-state index in [1.54, 1.807) is 0 Å². The van der Waals surface area contributed by atoms with Gasteiger partial charge >= 0.3 is 0 Å². The molecule has 2 atom stereocenters. The minimum absolute atomic E-state index is 0.493. The normalized spacial score (nSPS) is 31.6. The largest absolute Gasteiger partial charge is 0.381 e.